The SMILES string of the molecule is CC1(O)C(=O)C=CC1O. The summed E-state index contributed by atoms with van der Waals surface area (Å²) in [4.78, 5) is 10.6. The van der Waals surface area contributed by atoms with E-state index in [2.05, 4.69) is 0 Å². The van der Waals surface area contributed by atoms with E-state index in [-0.39, 0.29) is 0 Å². The molecule has 0 heterocycles. The van der Waals surface area contributed by atoms with Gasteiger partial charge >= 0.3 is 0 Å². The van der Waals surface area contributed by atoms with E-state index < -0.39 is 17.5 Å². The lowest BCUT2D eigenvalue weighted by Gasteiger charge is -2.17. The summed E-state index contributed by atoms with van der Waals surface area (Å²) in [7, 11) is 0. The smallest absolute Gasteiger partial charge is 0.189 e. The number of carbonyl (C=O) groups excluding carboxylic acids is 1. The number of carbonyl (C=O) groups is 1. The predicted octanol–water partition coefficient (Wildman–Crippen LogP) is -0.763. The van der Waals surface area contributed by atoms with Gasteiger partial charge in [0.15, 0.2) is 11.4 Å². The number of aliphatic hydroxyl groups is 2. The van der Waals surface area contributed by atoms with Gasteiger partial charge in [0.05, 0.1) is 0 Å². The molecular weight excluding hydrogens is 120 g/mol. The first-order chi connectivity index (χ1) is 4.05. The Morgan fingerprint density at radius 3 is 2.44 bits per heavy atom. The normalized spacial score (nSPS) is 42.1. The second-order valence-corrected chi connectivity index (χ2v) is 2.32. The molecule has 2 atom stereocenters. The van der Waals surface area contributed by atoms with Crippen molar-refractivity contribution in [3.8, 4) is 0 Å². The molecule has 1 rings (SSSR count). The maximum Gasteiger partial charge on any atom is 0.189 e. The van der Waals surface area contributed by atoms with E-state index in [1.165, 1.54) is 19.1 Å². The summed E-state index contributed by atoms with van der Waals surface area (Å²) in [6, 6.07) is 0. The minimum atomic E-state index is -1.58. The third-order valence-corrected chi connectivity index (χ3v) is 1.50. The molecule has 0 saturated heterocycles. The summed E-state index contributed by atoms with van der Waals surface area (Å²) >= 11 is 0. The van der Waals surface area contributed by atoms with Crippen LogP contribution >= 0.6 is 0 Å². The largest absolute Gasteiger partial charge is 0.386 e. The molecule has 0 aliphatic heterocycles. The Kier molecular flexibility index (Phi) is 1.18. The molecule has 0 bridgehead atoms. The van der Waals surface area contributed by atoms with Crippen LogP contribution in [0.15, 0.2) is 12.2 Å². The molecule has 0 saturated carbocycles. The summed E-state index contributed by atoms with van der Waals surface area (Å²) in [5.74, 6) is -0.435. The van der Waals surface area contributed by atoms with E-state index >= 15 is 0 Å². The second-order valence-electron chi connectivity index (χ2n) is 2.32. The molecule has 0 aromatic rings. The Morgan fingerprint density at radius 1 is 1.78 bits per heavy atom. The molecule has 9 heavy (non-hydrogen) atoms. The van der Waals surface area contributed by atoms with Gasteiger partial charge in [0.2, 0.25) is 0 Å². The van der Waals surface area contributed by atoms with E-state index in [9.17, 15) is 4.79 Å². The fourth-order valence-corrected chi connectivity index (χ4v) is 0.680. The van der Waals surface area contributed by atoms with Crippen molar-refractivity contribution in [3.63, 3.8) is 0 Å². The summed E-state index contributed by atoms with van der Waals surface area (Å²) in [5.41, 5.74) is -1.58. The fraction of sp³-hybridized carbons (Fsp3) is 0.500. The number of hydrogen-bond acceptors (Lipinski definition) is 3. The molecule has 50 valence electrons. The van der Waals surface area contributed by atoms with Crippen molar-refractivity contribution in [2.24, 2.45) is 0 Å². The van der Waals surface area contributed by atoms with Crippen molar-refractivity contribution in [2.75, 3.05) is 0 Å². The first-order valence-corrected chi connectivity index (χ1v) is 2.68. The van der Waals surface area contributed by atoms with Crippen LogP contribution < -0.4 is 0 Å². The quantitative estimate of drug-likeness (QED) is 0.450. The van der Waals surface area contributed by atoms with E-state index in [1.54, 1.807) is 0 Å². The fourth-order valence-electron chi connectivity index (χ4n) is 0.680. The molecule has 0 amide bonds. The number of rotatable bonds is 0. The van der Waals surface area contributed by atoms with Gasteiger partial charge in [-0.15, -0.1) is 0 Å². The number of aliphatic hydroxyl groups excluding tert-OH is 1. The lowest BCUT2D eigenvalue weighted by atomic mass is 10.0. The number of ketones is 1. The van der Waals surface area contributed by atoms with Gasteiger partial charge in [0, 0.05) is 0 Å². The van der Waals surface area contributed by atoms with Gasteiger partial charge in [0.1, 0.15) is 6.10 Å². The lowest BCUT2D eigenvalue weighted by molar-refractivity contribution is -0.135. The summed E-state index contributed by atoms with van der Waals surface area (Å²) in [5, 5.41) is 17.9. The predicted molar refractivity (Wildman–Crippen MR) is 30.8 cm³/mol. The van der Waals surface area contributed by atoms with Crippen molar-refractivity contribution < 1.29 is 15.0 Å². The molecule has 0 aromatic heterocycles. The Labute approximate surface area is 52.6 Å². The third-order valence-electron chi connectivity index (χ3n) is 1.50. The van der Waals surface area contributed by atoms with Crippen molar-refractivity contribution in [3.05, 3.63) is 12.2 Å². The summed E-state index contributed by atoms with van der Waals surface area (Å²) < 4.78 is 0. The molecule has 0 spiro atoms. The van der Waals surface area contributed by atoms with Crippen LogP contribution in [0.5, 0.6) is 0 Å². The van der Waals surface area contributed by atoms with Crippen LogP contribution in [-0.4, -0.2) is 27.7 Å². The lowest BCUT2D eigenvalue weighted by Crippen LogP contribution is -2.40. The van der Waals surface area contributed by atoms with E-state index in [4.69, 9.17) is 10.2 Å². The van der Waals surface area contributed by atoms with Crippen molar-refractivity contribution in [1.82, 2.24) is 0 Å². The average molecular weight is 128 g/mol. The highest BCUT2D eigenvalue weighted by molar-refractivity contribution is 5.99. The van der Waals surface area contributed by atoms with Crippen LogP contribution in [0.4, 0.5) is 0 Å². The molecule has 2 N–H and O–H groups in total. The molecule has 0 radical (unpaired) electrons. The van der Waals surface area contributed by atoms with E-state index in [1.807, 2.05) is 0 Å². The van der Waals surface area contributed by atoms with Gasteiger partial charge in [0.25, 0.3) is 0 Å². The molecular formula is C6H8O3. The Balaban J connectivity index is 2.88. The zero-order valence-electron chi connectivity index (χ0n) is 5.03. The molecule has 0 fully saturated rings. The molecule has 1 aliphatic rings. The first kappa shape index (κ1) is 6.45. The first-order valence-electron chi connectivity index (χ1n) is 2.68. The minimum absolute atomic E-state index is 0.435. The summed E-state index contributed by atoms with van der Waals surface area (Å²) in [6.07, 6.45) is 1.43. The van der Waals surface area contributed by atoms with Gasteiger partial charge in [-0.1, -0.05) is 0 Å². The standard InChI is InChI=1S/C6H8O3/c1-6(9)4(7)2-3-5(6)8/h2-4,7,9H,1H3. The monoisotopic (exact) mass is 128 g/mol. The second kappa shape index (κ2) is 1.65. The number of hydrogen-bond donors (Lipinski definition) is 2. The zero-order valence-corrected chi connectivity index (χ0v) is 5.03. The van der Waals surface area contributed by atoms with Crippen LogP contribution in [0.25, 0.3) is 0 Å². The molecule has 3 heteroatoms. The Morgan fingerprint density at radius 2 is 2.33 bits per heavy atom. The average Bonchev–Trinajstić information content (AvgIpc) is 1.96. The van der Waals surface area contributed by atoms with Crippen molar-refractivity contribution in [1.29, 1.82) is 0 Å². The highest BCUT2D eigenvalue weighted by Crippen LogP contribution is 2.18. The Bertz CT molecular complexity index is 169. The van der Waals surface area contributed by atoms with Crippen molar-refractivity contribution in [2.45, 2.75) is 18.6 Å². The highest BCUT2D eigenvalue weighted by Gasteiger charge is 2.39. The van der Waals surface area contributed by atoms with E-state index in [0.717, 1.165) is 0 Å². The highest BCUT2D eigenvalue weighted by atomic mass is 16.3. The minimum Gasteiger partial charge on any atom is -0.386 e. The molecule has 3 nitrogen and oxygen atoms in total. The van der Waals surface area contributed by atoms with Crippen LogP contribution in [0.1, 0.15) is 6.92 Å². The van der Waals surface area contributed by atoms with Gasteiger partial charge in [-0.3, -0.25) is 4.79 Å². The topological polar surface area (TPSA) is 57.5 Å². The summed E-state index contributed by atoms with van der Waals surface area (Å²) in [6.45, 7) is 1.29. The zero-order chi connectivity index (χ0) is 7.07. The molecule has 1 aliphatic carbocycles. The molecule has 2 unspecified atom stereocenters. The van der Waals surface area contributed by atoms with Gasteiger partial charge in [-0.25, -0.2) is 0 Å². The van der Waals surface area contributed by atoms with Crippen LogP contribution in [0.2, 0.25) is 0 Å². The van der Waals surface area contributed by atoms with E-state index in [0.29, 0.717) is 0 Å². The van der Waals surface area contributed by atoms with Crippen LogP contribution in [-0.2, 0) is 4.79 Å². The van der Waals surface area contributed by atoms with Gasteiger partial charge < -0.3 is 10.2 Å². The maximum atomic E-state index is 10.6. The third kappa shape index (κ3) is 0.781. The molecule has 0 aromatic carbocycles. The van der Waals surface area contributed by atoms with Gasteiger partial charge in [-0.05, 0) is 19.1 Å². The Hall–Kier alpha value is -0.670. The van der Waals surface area contributed by atoms with Crippen LogP contribution in [0.3, 0.4) is 0 Å². The maximum absolute atomic E-state index is 10.6. The van der Waals surface area contributed by atoms with Crippen molar-refractivity contribution >= 4 is 5.78 Å². The van der Waals surface area contributed by atoms with Gasteiger partial charge in [-0.2, -0.15) is 0 Å². The van der Waals surface area contributed by atoms with Crippen LogP contribution in [0, 0.1) is 0 Å².